The lowest BCUT2D eigenvalue weighted by Gasteiger charge is -2.02. The molecule has 1 aromatic rings. The van der Waals surface area contributed by atoms with Gasteiger partial charge in [-0.05, 0) is 12.1 Å². The van der Waals surface area contributed by atoms with Gasteiger partial charge in [0.15, 0.2) is 0 Å². The van der Waals surface area contributed by atoms with Crippen LogP contribution in [0.4, 0.5) is 4.39 Å². The van der Waals surface area contributed by atoms with E-state index in [1.165, 1.54) is 19.2 Å². The van der Waals surface area contributed by atoms with Crippen molar-refractivity contribution >= 4 is 5.97 Å². The Morgan fingerprint density at radius 3 is 2.85 bits per heavy atom. The van der Waals surface area contributed by atoms with E-state index < -0.39 is 11.8 Å². The highest BCUT2D eigenvalue weighted by Gasteiger charge is 2.13. The summed E-state index contributed by atoms with van der Waals surface area (Å²) in [5, 5.41) is 0. The minimum Gasteiger partial charge on any atom is -0.465 e. The summed E-state index contributed by atoms with van der Waals surface area (Å²) >= 11 is 0. The number of carbonyl (C=O) groups excluding carboxylic acids is 1. The summed E-state index contributed by atoms with van der Waals surface area (Å²) in [5.74, 6) is -1.35. The van der Waals surface area contributed by atoms with Crippen molar-refractivity contribution in [2.75, 3.05) is 7.11 Å². The molecule has 2 nitrogen and oxygen atoms in total. The van der Waals surface area contributed by atoms with Gasteiger partial charge in [0.25, 0.3) is 0 Å². The van der Waals surface area contributed by atoms with E-state index in [-0.39, 0.29) is 11.1 Å². The van der Waals surface area contributed by atoms with E-state index in [2.05, 4.69) is 17.4 Å². The first-order chi connectivity index (χ1) is 6.20. The van der Waals surface area contributed by atoms with Crippen LogP contribution in [-0.4, -0.2) is 13.1 Å². The molecule has 0 saturated heterocycles. The molecule has 0 aliphatic carbocycles. The molecule has 0 fully saturated rings. The fourth-order valence-electron chi connectivity index (χ4n) is 0.936. The second-order valence-electron chi connectivity index (χ2n) is 2.34. The summed E-state index contributed by atoms with van der Waals surface area (Å²) in [4.78, 5) is 11.0. The van der Waals surface area contributed by atoms with Crippen LogP contribution in [0, 0.1) is 11.9 Å². The van der Waals surface area contributed by atoms with E-state index in [1.807, 2.05) is 0 Å². The van der Waals surface area contributed by atoms with Gasteiger partial charge in [-0.15, -0.1) is 0 Å². The average molecular weight is 179 g/mol. The van der Waals surface area contributed by atoms with Crippen molar-refractivity contribution in [3.05, 3.63) is 47.8 Å². The molecule has 67 valence electrons. The van der Waals surface area contributed by atoms with Gasteiger partial charge in [0.1, 0.15) is 5.82 Å². The van der Waals surface area contributed by atoms with E-state index in [9.17, 15) is 9.18 Å². The Balaban J connectivity index is 3.23. The van der Waals surface area contributed by atoms with Crippen molar-refractivity contribution in [2.45, 2.75) is 0 Å². The first-order valence-corrected chi connectivity index (χ1v) is 3.60. The molecule has 0 spiro atoms. The zero-order valence-electron chi connectivity index (χ0n) is 7.13. The monoisotopic (exact) mass is 179 g/mol. The van der Waals surface area contributed by atoms with Gasteiger partial charge in [0.05, 0.1) is 12.7 Å². The van der Waals surface area contributed by atoms with Crippen LogP contribution in [0.25, 0.3) is 0 Å². The maximum absolute atomic E-state index is 13.3. The SMILES string of the molecule is C=[C]c1cccc(C(=O)OC)c1F. The fraction of sp³-hybridized carbons (Fsp3) is 0.100. The van der Waals surface area contributed by atoms with Crippen LogP contribution < -0.4 is 0 Å². The second-order valence-corrected chi connectivity index (χ2v) is 2.34. The number of carbonyl (C=O) groups is 1. The first-order valence-electron chi connectivity index (χ1n) is 3.60. The third-order valence-corrected chi connectivity index (χ3v) is 1.59. The van der Waals surface area contributed by atoms with Crippen LogP contribution in [-0.2, 0) is 4.74 Å². The number of benzene rings is 1. The number of hydrogen-bond donors (Lipinski definition) is 0. The quantitative estimate of drug-likeness (QED) is 0.648. The van der Waals surface area contributed by atoms with Crippen LogP contribution in [0.5, 0.6) is 0 Å². The zero-order valence-corrected chi connectivity index (χ0v) is 7.13. The summed E-state index contributed by atoms with van der Waals surface area (Å²) < 4.78 is 17.7. The van der Waals surface area contributed by atoms with Gasteiger partial charge in [-0.3, -0.25) is 0 Å². The van der Waals surface area contributed by atoms with Crippen LogP contribution in [0.15, 0.2) is 24.8 Å². The molecule has 0 heterocycles. The third kappa shape index (κ3) is 1.75. The van der Waals surface area contributed by atoms with Crippen LogP contribution in [0.2, 0.25) is 0 Å². The molecule has 0 saturated carbocycles. The smallest absolute Gasteiger partial charge is 0.340 e. The van der Waals surface area contributed by atoms with Gasteiger partial charge in [-0.1, -0.05) is 18.7 Å². The molecular formula is C10H8FO2. The Morgan fingerprint density at radius 1 is 1.62 bits per heavy atom. The summed E-state index contributed by atoms with van der Waals surface area (Å²) in [6.45, 7) is 3.30. The van der Waals surface area contributed by atoms with Crippen LogP contribution >= 0.6 is 0 Å². The summed E-state index contributed by atoms with van der Waals surface area (Å²) in [5.41, 5.74) is 0.0686. The topological polar surface area (TPSA) is 26.3 Å². The van der Waals surface area contributed by atoms with Gasteiger partial charge in [0, 0.05) is 5.56 Å². The molecule has 1 radical (unpaired) electrons. The molecule has 0 bridgehead atoms. The molecule has 0 aliphatic heterocycles. The standard InChI is InChI=1S/C10H8FO2/c1-3-7-5-4-6-8(9(7)11)10(12)13-2/h4-6H,1H2,2H3. The highest BCUT2D eigenvalue weighted by molar-refractivity contribution is 5.89. The van der Waals surface area contributed by atoms with E-state index in [0.717, 1.165) is 0 Å². The van der Waals surface area contributed by atoms with Crippen molar-refractivity contribution in [3.8, 4) is 0 Å². The van der Waals surface area contributed by atoms with Crippen molar-refractivity contribution in [1.82, 2.24) is 0 Å². The Kier molecular flexibility index (Phi) is 2.80. The predicted molar refractivity (Wildman–Crippen MR) is 45.7 cm³/mol. The fourth-order valence-corrected chi connectivity index (χ4v) is 0.936. The molecule has 0 amide bonds. The van der Waals surface area contributed by atoms with E-state index >= 15 is 0 Å². The largest absolute Gasteiger partial charge is 0.465 e. The van der Waals surface area contributed by atoms with Crippen molar-refractivity contribution in [2.24, 2.45) is 0 Å². The second kappa shape index (κ2) is 3.85. The van der Waals surface area contributed by atoms with Crippen LogP contribution in [0.3, 0.4) is 0 Å². The molecule has 3 heteroatoms. The van der Waals surface area contributed by atoms with E-state index in [1.54, 1.807) is 6.07 Å². The molecule has 0 aliphatic rings. The number of hydrogen-bond acceptors (Lipinski definition) is 2. The lowest BCUT2D eigenvalue weighted by atomic mass is 10.1. The Labute approximate surface area is 75.6 Å². The highest BCUT2D eigenvalue weighted by atomic mass is 19.1. The molecule has 0 atom stereocenters. The maximum Gasteiger partial charge on any atom is 0.340 e. The molecular weight excluding hydrogens is 171 g/mol. The van der Waals surface area contributed by atoms with E-state index in [0.29, 0.717) is 0 Å². The molecule has 1 rings (SSSR count). The van der Waals surface area contributed by atoms with Crippen molar-refractivity contribution in [3.63, 3.8) is 0 Å². The lowest BCUT2D eigenvalue weighted by Crippen LogP contribution is -2.05. The van der Waals surface area contributed by atoms with Gasteiger partial charge in [0.2, 0.25) is 0 Å². The number of halogens is 1. The zero-order chi connectivity index (χ0) is 9.84. The Hall–Kier alpha value is -1.64. The van der Waals surface area contributed by atoms with E-state index in [4.69, 9.17) is 0 Å². The summed E-state index contributed by atoms with van der Waals surface area (Å²) in [6, 6.07) is 4.37. The van der Waals surface area contributed by atoms with Gasteiger partial charge < -0.3 is 4.74 Å². The maximum atomic E-state index is 13.3. The van der Waals surface area contributed by atoms with Gasteiger partial charge in [-0.25, -0.2) is 9.18 Å². The minimum atomic E-state index is -0.699. The average Bonchev–Trinajstić information content (AvgIpc) is 2.17. The number of rotatable bonds is 2. The lowest BCUT2D eigenvalue weighted by molar-refractivity contribution is 0.0595. The Bertz CT molecular complexity index is 345. The number of ether oxygens (including phenoxy) is 1. The normalized spacial score (nSPS) is 9.38. The molecule has 1 aromatic carbocycles. The highest BCUT2D eigenvalue weighted by Crippen LogP contribution is 2.13. The summed E-state index contributed by atoms with van der Waals surface area (Å²) in [6.07, 6.45) is 2.38. The number of methoxy groups -OCH3 is 1. The van der Waals surface area contributed by atoms with Gasteiger partial charge in [-0.2, -0.15) is 0 Å². The molecule has 0 N–H and O–H groups in total. The van der Waals surface area contributed by atoms with Gasteiger partial charge >= 0.3 is 5.97 Å². The predicted octanol–water partition coefficient (Wildman–Crippen LogP) is 1.95. The van der Waals surface area contributed by atoms with Crippen molar-refractivity contribution in [1.29, 1.82) is 0 Å². The molecule has 13 heavy (non-hydrogen) atoms. The number of esters is 1. The molecule has 0 unspecified atom stereocenters. The summed E-state index contributed by atoms with van der Waals surface area (Å²) in [7, 11) is 1.20. The first kappa shape index (κ1) is 9.45. The molecule has 0 aromatic heterocycles. The minimum absolute atomic E-state index is 0.101. The Morgan fingerprint density at radius 2 is 2.31 bits per heavy atom. The third-order valence-electron chi connectivity index (χ3n) is 1.59. The van der Waals surface area contributed by atoms with Crippen LogP contribution in [0.1, 0.15) is 15.9 Å². The van der Waals surface area contributed by atoms with Crippen molar-refractivity contribution < 1.29 is 13.9 Å².